The SMILES string of the molecule is CCNC(=NCc1ccccc1CO)NCCc1ccc(-n2cccn2)cc1.I. The number of hydrogen-bond donors (Lipinski definition) is 3. The molecule has 29 heavy (non-hydrogen) atoms. The average molecular weight is 505 g/mol. The first-order valence-electron chi connectivity index (χ1n) is 9.59. The Hall–Kier alpha value is -2.39. The minimum atomic E-state index is 0. The summed E-state index contributed by atoms with van der Waals surface area (Å²) in [6.07, 6.45) is 4.61. The maximum Gasteiger partial charge on any atom is 0.191 e. The first kappa shape index (κ1) is 22.9. The fraction of sp³-hybridized carbons (Fsp3) is 0.273. The molecule has 0 aliphatic carbocycles. The molecular weight excluding hydrogens is 477 g/mol. The van der Waals surface area contributed by atoms with E-state index in [1.807, 2.05) is 48.1 Å². The highest BCUT2D eigenvalue weighted by Crippen LogP contribution is 2.10. The van der Waals surface area contributed by atoms with E-state index in [1.54, 1.807) is 6.20 Å². The first-order chi connectivity index (χ1) is 13.8. The monoisotopic (exact) mass is 505 g/mol. The third-order valence-electron chi connectivity index (χ3n) is 4.45. The van der Waals surface area contributed by atoms with Crippen molar-refractivity contribution in [3.8, 4) is 5.69 Å². The molecule has 0 saturated carbocycles. The van der Waals surface area contributed by atoms with E-state index in [4.69, 9.17) is 0 Å². The highest BCUT2D eigenvalue weighted by molar-refractivity contribution is 14.0. The van der Waals surface area contributed by atoms with Crippen LogP contribution in [-0.2, 0) is 19.6 Å². The molecule has 0 aliphatic rings. The maximum absolute atomic E-state index is 9.45. The molecule has 0 saturated heterocycles. The van der Waals surface area contributed by atoms with E-state index in [1.165, 1.54) is 5.56 Å². The number of hydrogen-bond acceptors (Lipinski definition) is 3. The predicted molar refractivity (Wildman–Crippen MR) is 128 cm³/mol. The van der Waals surface area contributed by atoms with Gasteiger partial charge in [0.1, 0.15) is 0 Å². The van der Waals surface area contributed by atoms with E-state index in [9.17, 15) is 5.11 Å². The van der Waals surface area contributed by atoms with Crippen LogP contribution in [-0.4, -0.2) is 33.9 Å². The molecule has 0 amide bonds. The Labute approximate surface area is 189 Å². The van der Waals surface area contributed by atoms with Gasteiger partial charge in [-0.1, -0.05) is 36.4 Å². The molecule has 3 N–H and O–H groups in total. The van der Waals surface area contributed by atoms with Crippen molar-refractivity contribution >= 4 is 29.9 Å². The van der Waals surface area contributed by atoms with Gasteiger partial charge in [-0.05, 0) is 48.2 Å². The average Bonchev–Trinajstić information content (AvgIpc) is 3.27. The number of aliphatic hydroxyl groups is 1. The Morgan fingerprint density at radius 1 is 1.03 bits per heavy atom. The lowest BCUT2D eigenvalue weighted by atomic mass is 10.1. The van der Waals surface area contributed by atoms with Crippen molar-refractivity contribution in [2.75, 3.05) is 13.1 Å². The zero-order valence-corrected chi connectivity index (χ0v) is 18.9. The summed E-state index contributed by atoms with van der Waals surface area (Å²) in [7, 11) is 0. The zero-order valence-electron chi connectivity index (χ0n) is 16.6. The van der Waals surface area contributed by atoms with Crippen LogP contribution in [0.2, 0.25) is 0 Å². The number of nitrogens with one attached hydrogen (secondary N) is 2. The van der Waals surface area contributed by atoms with Crippen molar-refractivity contribution in [2.24, 2.45) is 4.99 Å². The van der Waals surface area contributed by atoms with Crippen molar-refractivity contribution in [3.05, 3.63) is 83.7 Å². The van der Waals surface area contributed by atoms with Gasteiger partial charge in [0.15, 0.2) is 5.96 Å². The number of aliphatic imine (C=N–C) groups is 1. The zero-order chi connectivity index (χ0) is 19.6. The molecule has 0 atom stereocenters. The number of aromatic nitrogens is 2. The van der Waals surface area contributed by atoms with Crippen LogP contribution < -0.4 is 10.6 Å². The number of rotatable bonds is 8. The van der Waals surface area contributed by atoms with Gasteiger partial charge in [0.05, 0.1) is 18.8 Å². The van der Waals surface area contributed by atoms with Crippen LogP contribution in [0.15, 0.2) is 72.0 Å². The predicted octanol–water partition coefficient (Wildman–Crippen LogP) is 3.28. The summed E-state index contributed by atoms with van der Waals surface area (Å²) in [6.45, 7) is 4.20. The van der Waals surface area contributed by atoms with E-state index in [2.05, 4.69) is 45.0 Å². The van der Waals surface area contributed by atoms with E-state index >= 15 is 0 Å². The van der Waals surface area contributed by atoms with Crippen molar-refractivity contribution in [3.63, 3.8) is 0 Å². The van der Waals surface area contributed by atoms with Crippen molar-refractivity contribution in [1.29, 1.82) is 0 Å². The minimum Gasteiger partial charge on any atom is -0.392 e. The third-order valence-corrected chi connectivity index (χ3v) is 4.45. The van der Waals surface area contributed by atoms with Gasteiger partial charge in [0.25, 0.3) is 0 Å². The van der Waals surface area contributed by atoms with Crippen LogP contribution in [0.5, 0.6) is 0 Å². The molecule has 3 rings (SSSR count). The smallest absolute Gasteiger partial charge is 0.191 e. The molecule has 7 heteroatoms. The van der Waals surface area contributed by atoms with Crippen LogP contribution in [0.4, 0.5) is 0 Å². The Morgan fingerprint density at radius 2 is 1.79 bits per heavy atom. The molecule has 0 spiro atoms. The second-order valence-corrected chi connectivity index (χ2v) is 6.42. The number of guanidine groups is 1. The van der Waals surface area contributed by atoms with Crippen LogP contribution in [0.1, 0.15) is 23.6 Å². The van der Waals surface area contributed by atoms with Crippen molar-refractivity contribution in [2.45, 2.75) is 26.5 Å². The number of benzene rings is 2. The molecule has 2 aromatic carbocycles. The van der Waals surface area contributed by atoms with Gasteiger partial charge < -0.3 is 15.7 Å². The molecule has 0 fully saturated rings. The van der Waals surface area contributed by atoms with Crippen molar-refractivity contribution < 1.29 is 5.11 Å². The van der Waals surface area contributed by atoms with Crippen LogP contribution in [0.25, 0.3) is 5.69 Å². The number of nitrogens with zero attached hydrogens (tertiary/aromatic N) is 3. The fourth-order valence-electron chi connectivity index (χ4n) is 2.93. The summed E-state index contributed by atoms with van der Waals surface area (Å²) in [5, 5.41) is 20.3. The molecule has 6 nitrogen and oxygen atoms in total. The van der Waals surface area contributed by atoms with E-state index in [-0.39, 0.29) is 30.6 Å². The molecule has 0 aliphatic heterocycles. The fourth-order valence-corrected chi connectivity index (χ4v) is 2.93. The summed E-state index contributed by atoms with van der Waals surface area (Å²) in [4.78, 5) is 4.64. The van der Waals surface area contributed by atoms with Gasteiger partial charge in [-0.2, -0.15) is 5.10 Å². The van der Waals surface area contributed by atoms with Crippen LogP contribution in [0.3, 0.4) is 0 Å². The number of halogens is 1. The van der Waals surface area contributed by atoms with Gasteiger partial charge in [-0.15, -0.1) is 24.0 Å². The topological polar surface area (TPSA) is 74.5 Å². The normalized spacial score (nSPS) is 11.0. The van der Waals surface area contributed by atoms with E-state index in [0.717, 1.165) is 42.3 Å². The summed E-state index contributed by atoms with van der Waals surface area (Å²) in [5.74, 6) is 0.781. The Morgan fingerprint density at radius 3 is 2.45 bits per heavy atom. The Bertz CT molecular complexity index is 878. The van der Waals surface area contributed by atoms with E-state index < -0.39 is 0 Å². The third kappa shape index (κ3) is 6.86. The van der Waals surface area contributed by atoms with Gasteiger partial charge >= 0.3 is 0 Å². The summed E-state index contributed by atoms with van der Waals surface area (Å²) >= 11 is 0. The molecule has 0 unspecified atom stereocenters. The van der Waals surface area contributed by atoms with E-state index in [0.29, 0.717) is 6.54 Å². The molecule has 0 radical (unpaired) electrons. The van der Waals surface area contributed by atoms with Gasteiger partial charge in [0, 0.05) is 25.5 Å². The first-order valence-corrected chi connectivity index (χ1v) is 9.59. The molecular formula is C22H28IN5O. The molecule has 1 aromatic heterocycles. The number of aliphatic hydroxyl groups excluding tert-OH is 1. The highest BCUT2D eigenvalue weighted by atomic mass is 127. The Kier molecular flexibility index (Phi) is 9.66. The van der Waals surface area contributed by atoms with Crippen LogP contribution in [0, 0.1) is 0 Å². The van der Waals surface area contributed by atoms with Crippen LogP contribution >= 0.6 is 24.0 Å². The maximum atomic E-state index is 9.45. The minimum absolute atomic E-state index is 0. The summed E-state index contributed by atoms with van der Waals surface area (Å²) < 4.78 is 1.85. The highest BCUT2D eigenvalue weighted by Gasteiger charge is 2.02. The van der Waals surface area contributed by atoms with Gasteiger partial charge in [-0.25, -0.2) is 9.67 Å². The second-order valence-electron chi connectivity index (χ2n) is 6.42. The van der Waals surface area contributed by atoms with Gasteiger partial charge in [0.2, 0.25) is 0 Å². The summed E-state index contributed by atoms with van der Waals surface area (Å²) in [5.41, 5.74) is 4.26. The molecule has 3 aromatic rings. The lowest BCUT2D eigenvalue weighted by molar-refractivity contribution is 0.280. The second kappa shape index (κ2) is 12.2. The quantitative estimate of drug-likeness (QED) is 0.250. The van der Waals surface area contributed by atoms with Gasteiger partial charge in [-0.3, -0.25) is 0 Å². The molecule has 154 valence electrons. The molecule has 0 bridgehead atoms. The Balaban J connectivity index is 0.00000300. The largest absolute Gasteiger partial charge is 0.392 e. The summed E-state index contributed by atoms with van der Waals surface area (Å²) in [6, 6.07) is 18.1. The lowest BCUT2D eigenvalue weighted by Gasteiger charge is -2.12. The standard InChI is InChI=1S/C22H27N5O.HI/c1-2-23-22(25-16-19-6-3-4-7-20(19)17-28)24-14-12-18-8-10-21(11-9-18)27-15-5-13-26-27;/h3-11,13,15,28H,2,12,14,16-17H2,1H3,(H2,23,24,25);1H. The molecule has 1 heterocycles. The lowest BCUT2D eigenvalue weighted by Crippen LogP contribution is -2.38. The van der Waals surface area contributed by atoms with Crippen molar-refractivity contribution in [1.82, 2.24) is 20.4 Å².